The molecule has 0 spiro atoms. The van der Waals surface area contributed by atoms with Crippen molar-refractivity contribution in [2.24, 2.45) is 5.92 Å². The third kappa shape index (κ3) is 11.2. The summed E-state index contributed by atoms with van der Waals surface area (Å²) in [6.45, 7) is 15.4. The van der Waals surface area contributed by atoms with Gasteiger partial charge in [0.2, 0.25) is 0 Å². The van der Waals surface area contributed by atoms with Gasteiger partial charge in [-0.1, -0.05) is 34.6 Å². The second-order valence-electron chi connectivity index (χ2n) is 8.57. The number of phosphoric acid groups is 1. The highest BCUT2D eigenvalue weighted by molar-refractivity contribution is 7.92. The zero-order chi connectivity index (χ0) is 27.5. The number of Topliss-reactive ketones (excluding diaryl/α,β-unsaturated/α-hetero) is 1. The summed E-state index contributed by atoms with van der Waals surface area (Å²) in [6, 6.07) is 5.86. The molecule has 202 valence electrons. The van der Waals surface area contributed by atoms with Crippen molar-refractivity contribution in [3.05, 3.63) is 42.2 Å². The average Bonchev–Trinajstić information content (AvgIpc) is 2.76. The number of nitrogens with zero attached hydrogens (tertiary/aromatic N) is 2. The Morgan fingerprint density at radius 2 is 1.75 bits per heavy atom. The monoisotopic (exact) mass is 543 g/mol. The number of aryl methyl sites for hydroxylation is 1. The summed E-state index contributed by atoms with van der Waals surface area (Å²) >= 11 is 0. The molecular formula is C24H38N3O7PS. The van der Waals surface area contributed by atoms with Crippen molar-refractivity contribution < 1.29 is 32.1 Å². The molecule has 12 heteroatoms. The number of anilines is 2. The summed E-state index contributed by atoms with van der Waals surface area (Å²) in [5.41, 5.74) is 1.14. The van der Waals surface area contributed by atoms with Crippen LogP contribution in [-0.4, -0.2) is 59.3 Å². The summed E-state index contributed by atoms with van der Waals surface area (Å²) in [5, 5.41) is 2.94. The SMILES string of the molecule is CCN(CC)CC.Cc1cc(Nc2ccncc2S(=O)(=O)CC(=O)CC(C)C)ccc1OP(=O)(O)O. The lowest BCUT2D eigenvalue weighted by molar-refractivity contribution is -0.117. The molecule has 0 bridgehead atoms. The Bertz CT molecular complexity index is 1140. The van der Waals surface area contributed by atoms with Crippen LogP contribution >= 0.6 is 7.82 Å². The van der Waals surface area contributed by atoms with Crippen LogP contribution in [0, 0.1) is 12.8 Å². The van der Waals surface area contributed by atoms with Crippen LogP contribution in [0.4, 0.5) is 11.4 Å². The first-order chi connectivity index (χ1) is 16.7. The van der Waals surface area contributed by atoms with Crippen molar-refractivity contribution in [1.82, 2.24) is 9.88 Å². The fraction of sp³-hybridized carbons (Fsp3) is 0.500. The van der Waals surface area contributed by atoms with Crippen LogP contribution in [0.5, 0.6) is 5.75 Å². The van der Waals surface area contributed by atoms with Crippen molar-refractivity contribution in [2.45, 2.75) is 52.9 Å². The standard InChI is InChI=1S/C18H23N2O7PS.C6H15N/c1-12(2)8-15(21)11-29(25,26)18-10-19-7-6-16(18)20-14-4-5-17(13(3)9-14)27-28(22,23)24;1-4-7(5-2)6-3/h4-7,9-10,12H,8,11H2,1-3H3,(H,19,20)(H2,22,23,24);4-6H2,1-3H3. The van der Waals surface area contributed by atoms with Gasteiger partial charge in [-0.25, -0.2) is 13.0 Å². The van der Waals surface area contributed by atoms with Gasteiger partial charge in [-0.15, -0.1) is 0 Å². The first kappa shape index (κ1) is 31.7. The Kier molecular flexibility index (Phi) is 12.7. The molecule has 36 heavy (non-hydrogen) atoms. The predicted octanol–water partition coefficient (Wildman–Crippen LogP) is 4.34. The second kappa shape index (κ2) is 14.4. The van der Waals surface area contributed by atoms with E-state index >= 15 is 0 Å². The van der Waals surface area contributed by atoms with Gasteiger partial charge >= 0.3 is 7.82 Å². The van der Waals surface area contributed by atoms with E-state index in [1.807, 2.05) is 13.8 Å². The molecule has 2 rings (SSSR count). The molecule has 0 aliphatic rings. The van der Waals surface area contributed by atoms with Crippen LogP contribution in [0.15, 0.2) is 41.6 Å². The van der Waals surface area contributed by atoms with E-state index in [1.165, 1.54) is 50.2 Å². The summed E-state index contributed by atoms with van der Waals surface area (Å²) in [7, 11) is -8.59. The van der Waals surface area contributed by atoms with Crippen LogP contribution < -0.4 is 9.84 Å². The van der Waals surface area contributed by atoms with E-state index in [2.05, 4.69) is 40.5 Å². The first-order valence-electron chi connectivity index (χ1n) is 11.8. The van der Waals surface area contributed by atoms with Crippen LogP contribution in [0.1, 0.15) is 46.6 Å². The van der Waals surface area contributed by atoms with Crippen LogP contribution in [0.3, 0.4) is 0 Å². The molecule has 0 saturated heterocycles. The molecule has 0 radical (unpaired) electrons. The molecule has 1 heterocycles. The number of benzene rings is 1. The van der Waals surface area contributed by atoms with Crippen molar-refractivity contribution in [3.8, 4) is 5.75 Å². The third-order valence-corrected chi connectivity index (χ3v) is 7.25. The van der Waals surface area contributed by atoms with Crippen LogP contribution in [0.25, 0.3) is 0 Å². The maximum atomic E-state index is 12.7. The number of hydrogen-bond donors (Lipinski definition) is 3. The van der Waals surface area contributed by atoms with Crippen molar-refractivity contribution in [3.63, 3.8) is 0 Å². The molecule has 0 atom stereocenters. The first-order valence-corrected chi connectivity index (χ1v) is 14.9. The van der Waals surface area contributed by atoms with Crippen molar-refractivity contribution >= 4 is 34.8 Å². The molecule has 0 aliphatic heterocycles. The van der Waals surface area contributed by atoms with Gasteiger partial charge in [0.25, 0.3) is 0 Å². The summed E-state index contributed by atoms with van der Waals surface area (Å²) in [4.78, 5) is 36.0. The molecule has 0 fully saturated rings. The molecule has 0 aliphatic carbocycles. The minimum atomic E-state index is -4.69. The number of pyridine rings is 1. The Balaban J connectivity index is 0.000000809. The van der Waals surface area contributed by atoms with E-state index < -0.39 is 23.4 Å². The lowest BCUT2D eigenvalue weighted by atomic mass is 10.1. The van der Waals surface area contributed by atoms with E-state index in [1.54, 1.807) is 13.0 Å². The van der Waals surface area contributed by atoms with Crippen molar-refractivity contribution in [2.75, 3.05) is 30.7 Å². The van der Waals surface area contributed by atoms with Crippen LogP contribution in [-0.2, 0) is 19.2 Å². The Morgan fingerprint density at radius 3 is 2.22 bits per heavy atom. The number of nitrogens with one attached hydrogen (secondary N) is 1. The number of rotatable bonds is 12. The number of ketones is 1. The van der Waals surface area contributed by atoms with E-state index in [0.717, 1.165) is 0 Å². The van der Waals surface area contributed by atoms with Gasteiger partial charge in [0.1, 0.15) is 22.2 Å². The van der Waals surface area contributed by atoms with Gasteiger partial charge in [0.05, 0.1) is 5.69 Å². The molecule has 2 aromatic rings. The zero-order valence-corrected chi connectivity index (χ0v) is 23.5. The number of hydrogen-bond acceptors (Lipinski definition) is 8. The molecule has 1 aromatic heterocycles. The van der Waals surface area contributed by atoms with E-state index in [4.69, 9.17) is 9.79 Å². The zero-order valence-electron chi connectivity index (χ0n) is 21.8. The highest BCUT2D eigenvalue weighted by atomic mass is 32.2. The Labute approximate surface area is 214 Å². The number of aromatic nitrogens is 1. The molecule has 0 amide bonds. The van der Waals surface area contributed by atoms with E-state index in [0.29, 0.717) is 11.3 Å². The lowest BCUT2D eigenvalue weighted by Gasteiger charge is -2.14. The molecule has 0 unspecified atom stereocenters. The molecular weight excluding hydrogens is 505 g/mol. The predicted molar refractivity (Wildman–Crippen MR) is 141 cm³/mol. The normalized spacial score (nSPS) is 11.7. The quantitative estimate of drug-likeness (QED) is 0.330. The fourth-order valence-electron chi connectivity index (χ4n) is 3.32. The molecule has 10 nitrogen and oxygen atoms in total. The summed E-state index contributed by atoms with van der Waals surface area (Å²) in [5.74, 6) is -0.920. The minimum Gasteiger partial charge on any atom is -0.404 e. The van der Waals surface area contributed by atoms with E-state index in [-0.39, 0.29) is 34.5 Å². The van der Waals surface area contributed by atoms with Crippen LogP contribution in [0.2, 0.25) is 0 Å². The van der Waals surface area contributed by atoms with Crippen molar-refractivity contribution in [1.29, 1.82) is 0 Å². The van der Waals surface area contributed by atoms with Gasteiger partial charge in [0, 0.05) is 24.5 Å². The minimum absolute atomic E-state index is 0.00531. The Hall–Kier alpha value is -2.30. The number of carbonyl (C=O) groups is 1. The Morgan fingerprint density at radius 1 is 1.14 bits per heavy atom. The second-order valence-corrected chi connectivity index (χ2v) is 11.7. The maximum Gasteiger partial charge on any atom is 0.524 e. The number of sulfone groups is 1. The number of phosphoric ester groups is 1. The third-order valence-electron chi connectivity index (χ3n) is 5.12. The van der Waals surface area contributed by atoms with Gasteiger partial charge in [-0.2, -0.15) is 0 Å². The largest absolute Gasteiger partial charge is 0.524 e. The van der Waals surface area contributed by atoms with Gasteiger partial charge in [-0.05, 0) is 62.3 Å². The smallest absolute Gasteiger partial charge is 0.404 e. The van der Waals surface area contributed by atoms with Gasteiger partial charge in [-0.3, -0.25) is 19.6 Å². The van der Waals surface area contributed by atoms with Gasteiger partial charge in [0.15, 0.2) is 9.84 Å². The molecule has 1 aromatic carbocycles. The van der Waals surface area contributed by atoms with Gasteiger partial charge < -0.3 is 14.7 Å². The highest BCUT2D eigenvalue weighted by Crippen LogP contribution is 2.39. The average molecular weight is 544 g/mol. The topological polar surface area (TPSA) is 146 Å². The van der Waals surface area contributed by atoms with E-state index in [9.17, 15) is 17.8 Å². The summed E-state index contributed by atoms with van der Waals surface area (Å²) < 4.78 is 41.0. The number of carbonyl (C=O) groups excluding carboxylic acids is 1. The molecule has 0 saturated carbocycles. The molecule has 3 N–H and O–H groups in total. The summed E-state index contributed by atoms with van der Waals surface area (Å²) in [6.07, 6.45) is 2.76. The fourth-order valence-corrected chi connectivity index (χ4v) is 5.15. The lowest BCUT2D eigenvalue weighted by Crippen LogP contribution is -2.21. The maximum absolute atomic E-state index is 12.7. The highest BCUT2D eigenvalue weighted by Gasteiger charge is 2.24.